The number of carbonyl (C=O) groups excluding carboxylic acids is 2. The fourth-order valence-electron chi connectivity index (χ4n) is 3.40. The van der Waals surface area contributed by atoms with Gasteiger partial charge in [-0.3, -0.25) is 25.2 Å². The molecule has 2 amide bonds. The number of ether oxygens (including phenoxy) is 1. The van der Waals surface area contributed by atoms with Crippen LogP contribution < -0.4 is 25.9 Å². The van der Waals surface area contributed by atoms with Crippen molar-refractivity contribution in [2.24, 2.45) is 0 Å². The van der Waals surface area contributed by atoms with Gasteiger partial charge in [0.05, 0.1) is 4.90 Å². The standard InChI is InChI=1S/C26H23N3O7S/c1-16-3-7-19(8-4-16)29-37(33,34)21-10-5-18(6-11-21)26(32)28-27-24(30)15-35-20-9-12-22-17(2)13-25(31)36-23(22)14-20/h3-14,29H,15H2,1-2H3,(H,27,30)(H,28,32). The van der Waals surface area contributed by atoms with Crippen molar-refractivity contribution in [3.63, 3.8) is 0 Å². The quantitative estimate of drug-likeness (QED) is 0.250. The van der Waals surface area contributed by atoms with Gasteiger partial charge >= 0.3 is 5.63 Å². The van der Waals surface area contributed by atoms with E-state index in [2.05, 4.69) is 15.6 Å². The second kappa shape index (κ2) is 10.5. The summed E-state index contributed by atoms with van der Waals surface area (Å²) in [5.74, 6) is -0.980. The van der Waals surface area contributed by atoms with E-state index < -0.39 is 34.1 Å². The maximum Gasteiger partial charge on any atom is 0.336 e. The molecule has 37 heavy (non-hydrogen) atoms. The van der Waals surface area contributed by atoms with Crippen LogP contribution in [0.1, 0.15) is 21.5 Å². The first-order chi connectivity index (χ1) is 17.6. The molecule has 190 valence electrons. The average molecular weight is 522 g/mol. The number of rotatable bonds is 7. The van der Waals surface area contributed by atoms with Gasteiger partial charge < -0.3 is 9.15 Å². The summed E-state index contributed by atoms with van der Waals surface area (Å²) in [7, 11) is -3.84. The van der Waals surface area contributed by atoms with Gasteiger partial charge in [0.15, 0.2) is 6.61 Å². The third-order valence-electron chi connectivity index (χ3n) is 5.34. The Kier molecular flexibility index (Phi) is 7.25. The van der Waals surface area contributed by atoms with Crippen LogP contribution in [0, 0.1) is 13.8 Å². The molecule has 0 saturated carbocycles. The van der Waals surface area contributed by atoms with Crippen molar-refractivity contribution >= 4 is 38.5 Å². The van der Waals surface area contributed by atoms with E-state index in [1.165, 1.54) is 36.4 Å². The highest BCUT2D eigenvalue weighted by Gasteiger charge is 2.16. The van der Waals surface area contributed by atoms with Gasteiger partial charge in [-0.25, -0.2) is 13.2 Å². The van der Waals surface area contributed by atoms with Crippen LogP contribution in [0.25, 0.3) is 11.0 Å². The Labute approximate surface area is 212 Å². The zero-order valence-electron chi connectivity index (χ0n) is 19.9. The van der Waals surface area contributed by atoms with Gasteiger partial charge in [0.25, 0.3) is 21.8 Å². The summed E-state index contributed by atoms with van der Waals surface area (Å²) in [6.45, 7) is 3.26. The molecular weight excluding hydrogens is 498 g/mol. The molecule has 0 atom stereocenters. The molecule has 0 saturated heterocycles. The van der Waals surface area contributed by atoms with Crippen molar-refractivity contribution in [2.45, 2.75) is 18.7 Å². The predicted molar refractivity (Wildman–Crippen MR) is 137 cm³/mol. The molecule has 1 heterocycles. The summed E-state index contributed by atoms with van der Waals surface area (Å²) in [6.07, 6.45) is 0. The predicted octanol–water partition coefficient (Wildman–Crippen LogP) is 3.05. The normalized spacial score (nSPS) is 11.1. The monoisotopic (exact) mass is 521 g/mol. The van der Waals surface area contributed by atoms with Crippen molar-refractivity contribution in [1.82, 2.24) is 10.9 Å². The van der Waals surface area contributed by atoms with Gasteiger partial charge in [-0.15, -0.1) is 0 Å². The number of hydrogen-bond acceptors (Lipinski definition) is 7. The van der Waals surface area contributed by atoms with Crippen LogP contribution in [-0.4, -0.2) is 26.8 Å². The fourth-order valence-corrected chi connectivity index (χ4v) is 4.46. The zero-order valence-corrected chi connectivity index (χ0v) is 20.7. The molecule has 0 aliphatic heterocycles. The van der Waals surface area contributed by atoms with E-state index in [0.29, 0.717) is 17.0 Å². The van der Waals surface area contributed by atoms with E-state index in [4.69, 9.17) is 9.15 Å². The van der Waals surface area contributed by atoms with Crippen LogP contribution in [0.3, 0.4) is 0 Å². The molecule has 0 unspecified atom stereocenters. The van der Waals surface area contributed by atoms with E-state index in [1.54, 1.807) is 43.3 Å². The first-order valence-electron chi connectivity index (χ1n) is 11.1. The lowest BCUT2D eigenvalue weighted by Crippen LogP contribution is -2.43. The molecule has 0 radical (unpaired) electrons. The van der Waals surface area contributed by atoms with Crippen molar-refractivity contribution in [3.8, 4) is 5.75 Å². The SMILES string of the molecule is Cc1ccc(NS(=O)(=O)c2ccc(C(=O)NNC(=O)COc3ccc4c(C)cc(=O)oc4c3)cc2)cc1. The highest BCUT2D eigenvalue weighted by Crippen LogP contribution is 2.22. The van der Waals surface area contributed by atoms with Crippen molar-refractivity contribution in [1.29, 1.82) is 0 Å². The number of aryl methyl sites for hydroxylation is 2. The number of amides is 2. The summed E-state index contributed by atoms with van der Waals surface area (Å²) in [6, 6.07) is 18.3. The van der Waals surface area contributed by atoms with E-state index in [1.807, 2.05) is 6.92 Å². The number of nitrogens with one attached hydrogen (secondary N) is 3. The Bertz CT molecular complexity index is 1630. The minimum atomic E-state index is -3.84. The summed E-state index contributed by atoms with van der Waals surface area (Å²) < 4.78 is 38.2. The van der Waals surface area contributed by atoms with Crippen LogP contribution in [-0.2, 0) is 14.8 Å². The average Bonchev–Trinajstić information content (AvgIpc) is 2.87. The first kappa shape index (κ1) is 25.5. The van der Waals surface area contributed by atoms with Crippen molar-refractivity contribution in [2.75, 3.05) is 11.3 Å². The summed E-state index contributed by atoms with van der Waals surface area (Å²) in [5, 5.41) is 0.744. The van der Waals surface area contributed by atoms with Crippen LogP contribution >= 0.6 is 0 Å². The van der Waals surface area contributed by atoms with Crippen LogP contribution in [0.2, 0.25) is 0 Å². The number of anilines is 1. The van der Waals surface area contributed by atoms with Gasteiger partial charge in [0.2, 0.25) is 0 Å². The molecule has 0 aliphatic carbocycles. The Morgan fingerprint density at radius 2 is 1.59 bits per heavy atom. The molecule has 10 nitrogen and oxygen atoms in total. The largest absolute Gasteiger partial charge is 0.484 e. The fraction of sp³-hybridized carbons (Fsp3) is 0.115. The number of carbonyl (C=O) groups is 2. The number of sulfonamides is 1. The molecule has 3 N–H and O–H groups in total. The van der Waals surface area contributed by atoms with E-state index in [9.17, 15) is 22.8 Å². The third-order valence-corrected chi connectivity index (χ3v) is 6.74. The van der Waals surface area contributed by atoms with Gasteiger partial charge in [-0.05, 0) is 67.9 Å². The minimum absolute atomic E-state index is 0.0246. The Balaban J connectivity index is 1.30. The molecule has 0 spiro atoms. The molecule has 0 aliphatic rings. The van der Waals surface area contributed by atoms with Crippen molar-refractivity contribution < 1.29 is 27.2 Å². The van der Waals surface area contributed by atoms with Crippen LogP contribution in [0.4, 0.5) is 5.69 Å². The maximum absolute atomic E-state index is 12.6. The van der Waals surface area contributed by atoms with Gasteiger partial charge in [0.1, 0.15) is 11.3 Å². The molecule has 4 aromatic rings. The topological polar surface area (TPSA) is 144 Å². The van der Waals surface area contributed by atoms with E-state index in [-0.39, 0.29) is 10.5 Å². The Morgan fingerprint density at radius 3 is 2.30 bits per heavy atom. The molecule has 3 aromatic carbocycles. The summed E-state index contributed by atoms with van der Waals surface area (Å²) >= 11 is 0. The van der Waals surface area contributed by atoms with E-state index in [0.717, 1.165) is 16.5 Å². The van der Waals surface area contributed by atoms with Gasteiger partial charge in [-0.2, -0.15) is 0 Å². The second-order valence-electron chi connectivity index (χ2n) is 8.19. The highest BCUT2D eigenvalue weighted by molar-refractivity contribution is 7.92. The Morgan fingerprint density at radius 1 is 0.892 bits per heavy atom. The first-order valence-corrected chi connectivity index (χ1v) is 12.5. The summed E-state index contributed by atoms with van der Waals surface area (Å²) in [5.41, 5.74) is 6.60. The second-order valence-corrected chi connectivity index (χ2v) is 9.88. The van der Waals surface area contributed by atoms with Crippen LogP contribution in [0.5, 0.6) is 5.75 Å². The highest BCUT2D eigenvalue weighted by atomic mass is 32.2. The zero-order chi connectivity index (χ0) is 26.6. The lowest BCUT2D eigenvalue weighted by atomic mass is 10.1. The van der Waals surface area contributed by atoms with E-state index >= 15 is 0 Å². The Hall–Kier alpha value is -4.64. The summed E-state index contributed by atoms with van der Waals surface area (Å²) in [4.78, 5) is 36.0. The molecular formula is C26H23N3O7S. The lowest BCUT2D eigenvalue weighted by molar-refractivity contribution is -0.123. The molecule has 4 rings (SSSR count). The van der Waals surface area contributed by atoms with Gasteiger partial charge in [-0.1, -0.05) is 17.7 Å². The number of hydrogen-bond donors (Lipinski definition) is 3. The van der Waals surface area contributed by atoms with Gasteiger partial charge in [0, 0.05) is 28.8 Å². The number of benzene rings is 3. The van der Waals surface area contributed by atoms with Crippen LogP contribution in [0.15, 0.2) is 86.9 Å². The number of fused-ring (bicyclic) bond motifs is 1. The maximum atomic E-state index is 12.6. The smallest absolute Gasteiger partial charge is 0.336 e. The number of hydrazine groups is 1. The lowest BCUT2D eigenvalue weighted by Gasteiger charge is -2.11. The molecule has 1 aromatic heterocycles. The molecule has 0 fully saturated rings. The van der Waals surface area contributed by atoms with Crippen molar-refractivity contribution in [3.05, 3.63) is 99.9 Å². The molecule has 0 bridgehead atoms. The third kappa shape index (κ3) is 6.33. The molecule has 11 heteroatoms. The minimum Gasteiger partial charge on any atom is -0.484 e.